The van der Waals surface area contributed by atoms with Crippen LogP contribution in [0.15, 0.2) is 35.0 Å². The number of aromatic nitrogens is 5. The second kappa shape index (κ2) is 10.6. The van der Waals surface area contributed by atoms with E-state index in [4.69, 9.17) is 4.52 Å². The highest BCUT2D eigenvalue weighted by Gasteiger charge is 2.28. The molecule has 5 rings (SSSR count). The van der Waals surface area contributed by atoms with E-state index in [2.05, 4.69) is 40.9 Å². The number of nitrogens with one attached hydrogen (secondary N) is 3. The maximum absolute atomic E-state index is 15.2. The molecule has 4 aromatic rings. The number of rotatable bonds is 7. The second-order valence-corrected chi connectivity index (χ2v) is 11.1. The van der Waals surface area contributed by atoms with Crippen molar-refractivity contribution < 1.29 is 13.7 Å². The van der Waals surface area contributed by atoms with E-state index in [-0.39, 0.29) is 23.3 Å². The lowest BCUT2D eigenvalue weighted by Gasteiger charge is -2.19. The van der Waals surface area contributed by atoms with Crippen molar-refractivity contribution in [1.82, 2.24) is 40.9 Å². The van der Waals surface area contributed by atoms with Gasteiger partial charge in [0.1, 0.15) is 5.82 Å². The van der Waals surface area contributed by atoms with Crippen molar-refractivity contribution in [2.75, 3.05) is 32.1 Å². The predicted molar refractivity (Wildman–Crippen MR) is 146 cm³/mol. The Balaban J connectivity index is 1.31. The van der Waals surface area contributed by atoms with Crippen LogP contribution in [-0.4, -0.2) is 69.5 Å². The summed E-state index contributed by atoms with van der Waals surface area (Å²) in [6, 6.07) is 7.00. The summed E-state index contributed by atoms with van der Waals surface area (Å²) in [5.41, 5.74) is 2.51. The quantitative estimate of drug-likeness (QED) is 0.328. The molecule has 0 bridgehead atoms. The van der Waals surface area contributed by atoms with Crippen LogP contribution in [0.1, 0.15) is 44.5 Å². The molecule has 0 aliphatic carbocycles. The number of hydrogen-bond acceptors (Lipinski definition) is 8. The maximum Gasteiger partial charge on any atom is 0.317 e. The molecule has 1 fully saturated rings. The monoisotopic (exact) mass is 535 g/mol. The molecule has 4 heterocycles. The minimum Gasteiger partial charge on any atom is -0.352 e. The van der Waals surface area contributed by atoms with Crippen LogP contribution in [0, 0.1) is 5.82 Å². The summed E-state index contributed by atoms with van der Waals surface area (Å²) in [4.78, 5) is 24.6. The summed E-state index contributed by atoms with van der Waals surface area (Å²) in [5.74, 6) is 1.54. The number of anilines is 1. The standard InChI is InChI=1S/C27H34FN9O2/c1-27(2,3)25-32-21(35-39-25)14-29-13-17-7-6-16(12-20(17)28)19-8-10-30-23-22(19)24(34-33-23)37-11-9-18(15-37)31-26(38)36(4)5/h6-8,10,12,18,29H,9,11,13-15H2,1-5H3,(H,31,38)(H,30,33,34)/t18-/m1/s1. The first kappa shape index (κ1) is 26.5. The number of hydrogen-bond donors (Lipinski definition) is 3. The summed E-state index contributed by atoms with van der Waals surface area (Å²) in [6.45, 7) is 8.08. The zero-order valence-corrected chi connectivity index (χ0v) is 22.9. The third-order valence-electron chi connectivity index (χ3n) is 6.74. The van der Waals surface area contributed by atoms with E-state index in [9.17, 15) is 4.79 Å². The van der Waals surface area contributed by atoms with Gasteiger partial charge in [0.15, 0.2) is 17.3 Å². The number of urea groups is 1. The third-order valence-corrected chi connectivity index (χ3v) is 6.74. The van der Waals surface area contributed by atoms with E-state index in [0.717, 1.165) is 35.3 Å². The van der Waals surface area contributed by atoms with Crippen LogP contribution in [0.5, 0.6) is 0 Å². The summed E-state index contributed by atoms with van der Waals surface area (Å²) in [7, 11) is 3.44. The van der Waals surface area contributed by atoms with Crippen molar-refractivity contribution in [2.24, 2.45) is 0 Å². The van der Waals surface area contributed by atoms with Gasteiger partial charge in [-0.3, -0.25) is 5.10 Å². The molecule has 206 valence electrons. The Bertz CT molecular complexity index is 1470. The second-order valence-electron chi connectivity index (χ2n) is 11.1. The summed E-state index contributed by atoms with van der Waals surface area (Å²) < 4.78 is 20.5. The number of pyridine rings is 1. The molecule has 1 aliphatic rings. The van der Waals surface area contributed by atoms with Gasteiger partial charge in [0.25, 0.3) is 0 Å². The molecule has 11 nitrogen and oxygen atoms in total. The molecule has 0 saturated carbocycles. The molecule has 1 atom stereocenters. The average molecular weight is 536 g/mol. The Labute approximate surface area is 226 Å². The highest BCUT2D eigenvalue weighted by Crippen LogP contribution is 2.35. The van der Waals surface area contributed by atoms with Crippen molar-refractivity contribution in [2.45, 2.75) is 51.7 Å². The Kier molecular flexibility index (Phi) is 7.21. The first-order valence-corrected chi connectivity index (χ1v) is 13.0. The van der Waals surface area contributed by atoms with Crippen molar-refractivity contribution in [1.29, 1.82) is 0 Å². The van der Waals surface area contributed by atoms with Crippen LogP contribution in [0.25, 0.3) is 22.2 Å². The number of carbonyl (C=O) groups is 1. The SMILES string of the molecule is CN(C)C(=O)N[C@@H]1CCN(c2n[nH]c3nccc(-c4ccc(CNCc5noc(C(C)(C)C)n5)c(F)c4)c23)C1. The molecule has 1 aliphatic heterocycles. The number of aromatic amines is 1. The molecule has 0 radical (unpaired) electrons. The molecule has 12 heteroatoms. The molecule has 2 amide bonds. The molecule has 39 heavy (non-hydrogen) atoms. The zero-order chi connectivity index (χ0) is 27.7. The number of H-pyrrole nitrogens is 1. The molecule has 1 aromatic carbocycles. The first-order valence-electron chi connectivity index (χ1n) is 13.0. The number of fused-ring (bicyclic) bond motifs is 1. The Morgan fingerprint density at radius 2 is 2.08 bits per heavy atom. The largest absolute Gasteiger partial charge is 0.352 e. The van der Waals surface area contributed by atoms with Crippen LogP contribution < -0.4 is 15.5 Å². The van der Waals surface area contributed by atoms with E-state index in [1.54, 1.807) is 32.4 Å². The highest BCUT2D eigenvalue weighted by atomic mass is 19.1. The zero-order valence-electron chi connectivity index (χ0n) is 22.9. The number of amides is 2. The lowest BCUT2D eigenvalue weighted by Crippen LogP contribution is -2.42. The molecule has 3 N–H and O–H groups in total. The van der Waals surface area contributed by atoms with Gasteiger partial charge >= 0.3 is 6.03 Å². The molecule has 1 saturated heterocycles. The van der Waals surface area contributed by atoms with E-state index in [1.165, 1.54) is 4.90 Å². The molecule has 3 aromatic heterocycles. The summed E-state index contributed by atoms with van der Waals surface area (Å²) in [6.07, 6.45) is 2.50. The summed E-state index contributed by atoms with van der Waals surface area (Å²) >= 11 is 0. The molecular weight excluding hydrogens is 501 g/mol. The van der Waals surface area contributed by atoms with Crippen LogP contribution in [0.4, 0.5) is 15.0 Å². The normalized spacial score (nSPS) is 15.7. The van der Waals surface area contributed by atoms with Gasteiger partial charge in [-0.25, -0.2) is 14.2 Å². The van der Waals surface area contributed by atoms with Gasteiger partial charge in [0.2, 0.25) is 5.89 Å². The molecular formula is C27H34FN9O2. The Morgan fingerprint density at radius 1 is 1.26 bits per heavy atom. The van der Waals surface area contributed by atoms with Gasteiger partial charge in [-0.05, 0) is 29.7 Å². The van der Waals surface area contributed by atoms with E-state index in [1.807, 2.05) is 32.9 Å². The van der Waals surface area contributed by atoms with Crippen molar-refractivity contribution in [3.63, 3.8) is 0 Å². The smallest absolute Gasteiger partial charge is 0.317 e. The number of carbonyl (C=O) groups excluding carboxylic acids is 1. The van der Waals surface area contributed by atoms with E-state index < -0.39 is 0 Å². The van der Waals surface area contributed by atoms with Gasteiger partial charge in [-0.2, -0.15) is 10.1 Å². The van der Waals surface area contributed by atoms with Gasteiger partial charge in [-0.15, -0.1) is 0 Å². The molecule has 0 spiro atoms. The summed E-state index contributed by atoms with van der Waals surface area (Å²) in [5, 5.41) is 18.6. The predicted octanol–water partition coefficient (Wildman–Crippen LogP) is 3.58. The fourth-order valence-corrected chi connectivity index (χ4v) is 4.58. The fourth-order valence-electron chi connectivity index (χ4n) is 4.58. The lowest BCUT2D eigenvalue weighted by atomic mass is 9.97. The van der Waals surface area contributed by atoms with Crippen molar-refractivity contribution in [3.8, 4) is 11.1 Å². The van der Waals surface area contributed by atoms with E-state index >= 15 is 4.39 Å². The first-order chi connectivity index (χ1) is 18.6. The van der Waals surface area contributed by atoms with Crippen LogP contribution in [0.3, 0.4) is 0 Å². The lowest BCUT2D eigenvalue weighted by molar-refractivity contribution is 0.214. The minimum atomic E-state index is -0.314. The van der Waals surface area contributed by atoms with Crippen molar-refractivity contribution >= 4 is 22.9 Å². The van der Waals surface area contributed by atoms with Gasteiger partial charge in [0, 0.05) is 56.9 Å². The number of halogens is 1. The number of benzene rings is 1. The fraction of sp³-hybridized carbons (Fsp3) is 0.444. The van der Waals surface area contributed by atoms with Crippen LogP contribution in [0.2, 0.25) is 0 Å². The molecule has 0 unspecified atom stereocenters. The third kappa shape index (κ3) is 5.70. The minimum absolute atomic E-state index is 0.0171. The Hall–Kier alpha value is -4.06. The van der Waals surface area contributed by atoms with E-state index in [0.29, 0.717) is 42.6 Å². The van der Waals surface area contributed by atoms with Gasteiger partial charge in [-0.1, -0.05) is 38.1 Å². The van der Waals surface area contributed by atoms with Crippen LogP contribution >= 0.6 is 0 Å². The number of nitrogens with zero attached hydrogens (tertiary/aromatic N) is 6. The van der Waals surface area contributed by atoms with Crippen LogP contribution in [-0.2, 0) is 18.5 Å². The van der Waals surface area contributed by atoms with Gasteiger partial charge < -0.3 is 25.0 Å². The Morgan fingerprint density at radius 3 is 2.79 bits per heavy atom. The van der Waals surface area contributed by atoms with Gasteiger partial charge in [0.05, 0.1) is 11.9 Å². The van der Waals surface area contributed by atoms with Crippen molar-refractivity contribution in [3.05, 3.63) is 53.6 Å². The highest BCUT2D eigenvalue weighted by molar-refractivity contribution is 6.00. The maximum atomic E-state index is 15.2. The average Bonchev–Trinajstić information content (AvgIpc) is 3.64. The topological polar surface area (TPSA) is 128 Å².